The fraction of sp³-hybridized carbons (Fsp3) is 0.857. The minimum atomic E-state index is -0.824. The summed E-state index contributed by atoms with van der Waals surface area (Å²) in [5.74, 6) is 0.299. The van der Waals surface area contributed by atoms with Crippen LogP contribution in [0.15, 0.2) is 0 Å². The third-order valence-corrected chi connectivity index (χ3v) is 5.40. The molecule has 20 heavy (non-hydrogen) atoms. The topological polar surface area (TPSA) is 69.6 Å². The van der Waals surface area contributed by atoms with Gasteiger partial charge in [0, 0.05) is 23.9 Å². The molecule has 0 radical (unpaired) electrons. The molecule has 0 bridgehead atoms. The van der Waals surface area contributed by atoms with Crippen LogP contribution in [0.2, 0.25) is 0 Å². The lowest BCUT2D eigenvalue weighted by molar-refractivity contribution is -0.137. The van der Waals surface area contributed by atoms with E-state index < -0.39 is 5.97 Å². The third kappa shape index (κ3) is 4.04. The van der Waals surface area contributed by atoms with Gasteiger partial charge in [0.1, 0.15) is 0 Å². The molecule has 2 fully saturated rings. The molecule has 1 aliphatic heterocycles. The first-order chi connectivity index (χ1) is 9.60. The van der Waals surface area contributed by atoms with E-state index in [-0.39, 0.29) is 24.5 Å². The number of carbonyl (C=O) groups excluding carboxylic acids is 1. The van der Waals surface area contributed by atoms with Crippen LogP contribution in [0, 0.1) is 0 Å². The molecule has 3 atom stereocenters. The third-order valence-electron chi connectivity index (χ3n) is 4.16. The summed E-state index contributed by atoms with van der Waals surface area (Å²) < 4.78 is 0. The van der Waals surface area contributed by atoms with Crippen molar-refractivity contribution in [1.29, 1.82) is 0 Å². The maximum absolute atomic E-state index is 12.3. The van der Waals surface area contributed by atoms with E-state index in [4.69, 9.17) is 5.11 Å². The number of carboxylic acids is 1. The number of carboxylic acid groups (broad SMARTS) is 1. The van der Waals surface area contributed by atoms with Crippen molar-refractivity contribution in [3.05, 3.63) is 0 Å². The molecule has 2 N–H and O–H groups in total. The molecule has 5 nitrogen and oxygen atoms in total. The molecule has 114 valence electrons. The maximum atomic E-state index is 12.3. The van der Waals surface area contributed by atoms with E-state index >= 15 is 0 Å². The zero-order valence-electron chi connectivity index (χ0n) is 12.0. The Kier molecular flexibility index (Phi) is 5.57. The number of hydrogen-bond acceptors (Lipinski definition) is 3. The molecule has 0 spiro atoms. The van der Waals surface area contributed by atoms with Gasteiger partial charge in [-0.1, -0.05) is 6.92 Å². The van der Waals surface area contributed by atoms with Crippen LogP contribution in [0.25, 0.3) is 0 Å². The predicted octanol–water partition coefficient (Wildman–Crippen LogP) is 2.31. The number of hydrogen-bond donors (Lipinski definition) is 2. The molecule has 2 aliphatic rings. The Hall–Kier alpha value is -0.910. The van der Waals surface area contributed by atoms with Crippen molar-refractivity contribution in [1.82, 2.24) is 10.2 Å². The Morgan fingerprint density at radius 2 is 2.15 bits per heavy atom. The van der Waals surface area contributed by atoms with Crippen molar-refractivity contribution < 1.29 is 14.7 Å². The molecule has 3 unspecified atom stereocenters. The summed E-state index contributed by atoms with van der Waals surface area (Å²) >= 11 is 1.97. The fourth-order valence-electron chi connectivity index (χ4n) is 3.23. The first-order valence-corrected chi connectivity index (χ1v) is 8.55. The Bertz CT molecular complexity index is 364. The highest BCUT2D eigenvalue weighted by Crippen LogP contribution is 2.30. The lowest BCUT2D eigenvalue weighted by Crippen LogP contribution is -2.46. The van der Waals surface area contributed by atoms with Crippen molar-refractivity contribution in [2.45, 2.75) is 62.8 Å². The number of aliphatic carboxylic acids is 1. The van der Waals surface area contributed by atoms with Gasteiger partial charge in [0.05, 0.1) is 6.42 Å². The molecule has 2 amide bonds. The Balaban J connectivity index is 1.81. The van der Waals surface area contributed by atoms with Crippen molar-refractivity contribution in [3.63, 3.8) is 0 Å². The first kappa shape index (κ1) is 15.5. The average Bonchev–Trinajstić information content (AvgIpc) is 2.98. The summed E-state index contributed by atoms with van der Waals surface area (Å²) in [6.45, 7) is 2.85. The Morgan fingerprint density at radius 3 is 2.85 bits per heavy atom. The highest BCUT2D eigenvalue weighted by molar-refractivity contribution is 7.99. The SMILES string of the molecule is CCSC1CCC(NC(=O)N2CCCC2CC(=O)O)C1. The van der Waals surface area contributed by atoms with Crippen LogP contribution in [0.5, 0.6) is 0 Å². The minimum Gasteiger partial charge on any atom is -0.481 e. The summed E-state index contributed by atoms with van der Waals surface area (Å²) in [6, 6.07) is 0.0632. The quantitative estimate of drug-likeness (QED) is 0.817. The Morgan fingerprint density at radius 1 is 1.35 bits per heavy atom. The standard InChI is InChI=1S/C14H24N2O3S/c1-2-20-12-6-5-10(8-12)15-14(19)16-7-3-4-11(16)9-13(17)18/h10-12H,2-9H2,1H3,(H,15,19)(H,17,18). The predicted molar refractivity (Wildman–Crippen MR) is 80.1 cm³/mol. The summed E-state index contributed by atoms with van der Waals surface area (Å²) in [7, 11) is 0. The van der Waals surface area contributed by atoms with E-state index in [0.717, 1.165) is 31.4 Å². The lowest BCUT2D eigenvalue weighted by Gasteiger charge is -2.25. The minimum absolute atomic E-state index is 0.0619. The number of likely N-dealkylation sites (tertiary alicyclic amines) is 1. The van der Waals surface area contributed by atoms with Crippen molar-refractivity contribution in [3.8, 4) is 0 Å². The molecule has 0 aromatic heterocycles. The van der Waals surface area contributed by atoms with Crippen LogP contribution in [0.1, 0.15) is 45.4 Å². The molecular formula is C14H24N2O3S. The van der Waals surface area contributed by atoms with Crippen LogP contribution in [0.3, 0.4) is 0 Å². The lowest BCUT2D eigenvalue weighted by atomic mass is 10.1. The second-order valence-electron chi connectivity index (χ2n) is 5.62. The number of urea groups is 1. The van der Waals surface area contributed by atoms with Gasteiger partial charge in [0.15, 0.2) is 0 Å². The van der Waals surface area contributed by atoms with Gasteiger partial charge in [0.2, 0.25) is 0 Å². The van der Waals surface area contributed by atoms with Gasteiger partial charge in [-0.3, -0.25) is 4.79 Å². The summed E-state index contributed by atoms with van der Waals surface area (Å²) in [6.07, 6.45) is 5.03. The second-order valence-corrected chi connectivity index (χ2v) is 7.20. The van der Waals surface area contributed by atoms with E-state index in [1.165, 1.54) is 6.42 Å². The van der Waals surface area contributed by atoms with Gasteiger partial charge >= 0.3 is 12.0 Å². The molecule has 1 heterocycles. The highest BCUT2D eigenvalue weighted by atomic mass is 32.2. The fourth-order valence-corrected chi connectivity index (χ4v) is 4.38. The van der Waals surface area contributed by atoms with E-state index in [0.29, 0.717) is 11.8 Å². The zero-order valence-corrected chi connectivity index (χ0v) is 12.8. The molecule has 0 aromatic carbocycles. The number of nitrogens with one attached hydrogen (secondary N) is 1. The van der Waals surface area contributed by atoms with Crippen LogP contribution in [-0.4, -0.2) is 51.6 Å². The molecular weight excluding hydrogens is 276 g/mol. The molecule has 0 aromatic rings. The number of nitrogens with zero attached hydrogens (tertiary/aromatic N) is 1. The van der Waals surface area contributed by atoms with E-state index in [1.54, 1.807) is 4.90 Å². The van der Waals surface area contributed by atoms with E-state index in [2.05, 4.69) is 12.2 Å². The zero-order chi connectivity index (χ0) is 14.5. The van der Waals surface area contributed by atoms with Crippen molar-refractivity contribution in [2.24, 2.45) is 0 Å². The van der Waals surface area contributed by atoms with E-state index in [9.17, 15) is 9.59 Å². The summed E-state index contributed by atoms with van der Waals surface area (Å²) in [5.41, 5.74) is 0. The van der Waals surface area contributed by atoms with E-state index in [1.807, 2.05) is 11.8 Å². The van der Waals surface area contributed by atoms with Gasteiger partial charge in [-0.05, 0) is 37.9 Å². The number of rotatable bonds is 5. The monoisotopic (exact) mass is 300 g/mol. The first-order valence-electron chi connectivity index (χ1n) is 7.50. The molecule has 6 heteroatoms. The normalized spacial score (nSPS) is 29.6. The summed E-state index contributed by atoms with van der Waals surface area (Å²) in [4.78, 5) is 24.8. The maximum Gasteiger partial charge on any atom is 0.317 e. The average molecular weight is 300 g/mol. The number of thioether (sulfide) groups is 1. The van der Waals surface area contributed by atoms with Crippen LogP contribution >= 0.6 is 11.8 Å². The largest absolute Gasteiger partial charge is 0.481 e. The molecule has 1 saturated heterocycles. The van der Waals surface area contributed by atoms with Gasteiger partial charge in [-0.15, -0.1) is 0 Å². The van der Waals surface area contributed by atoms with Crippen LogP contribution in [-0.2, 0) is 4.79 Å². The number of carbonyl (C=O) groups is 2. The van der Waals surface area contributed by atoms with Gasteiger partial charge in [-0.2, -0.15) is 11.8 Å². The van der Waals surface area contributed by atoms with Crippen LogP contribution in [0.4, 0.5) is 4.79 Å². The van der Waals surface area contributed by atoms with Crippen LogP contribution < -0.4 is 5.32 Å². The second kappa shape index (κ2) is 7.20. The summed E-state index contributed by atoms with van der Waals surface area (Å²) in [5, 5.41) is 12.6. The highest BCUT2D eigenvalue weighted by Gasteiger charge is 2.33. The van der Waals surface area contributed by atoms with Gasteiger partial charge in [0.25, 0.3) is 0 Å². The number of amides is 2. The Labute approximate surface area is 124 Å². The van der Waals surface area contributed by atoms with Gasteiger partial charge in [-0.25, -0.2) is 4.79 Å². The molecule has 2 rings (SSSR count). The van der Waals surface area contributed by atoms with Crippen molar-refractivity contribution in [2.75, 3.05) is 12.3 Å². The molecule has 1 saturated carbocycles. The van der Waals surface area contributed by atoms with Gasteiger partial charge < -0.3 is 15.3 Å². The molecule has 1 aliphatic carbocycles. The smallest absolute Gasteiger partial charge is 0.317 e. The van der Waals surface area contributed by atoms with Crippen molar-refractivity contribution >= 4 is 23.8 Å².